The Morgan fingerprint density at radius 1 is 0.912 bits per heavy atom. The van der Waals surface area contributed by atoms with Crippen molar-refractivity contribution in [1.82, 2.24) is 0 Å². The summed E-state index contributed by atoms with van der Waals surface area (Å²) in [5, 5.41) is 3.07. The van der Waals surface area contributed by atoms with Crippen LogP contribution in [0.2, 0.25) is 0 Å². The third-order valence-corrected chi connectivity index (χ3v) is 6.37. The molecule has 1 aliphatic heterocycles. The Kier molecular flexibility index (Phi) is 7.16. The van der Waals surface area contributed by atoms with E-state index in [-0.39, 0.29) is 11.8 Å². The van der Waals surface area contributed by atoms with Crippen molar-refractivity contribution in [2.45, 2.75) is 32.2 Å². The lowest BCUT2D eigenvalue weighted by atomic mass is 9.83. The van der Waals surface area contributed by atoms with E-state index in [4.69, 9.17) is 9.47 Å². The number of nitrogens with one attached hydrogen (secondary N) is 1. The van der Waals surface area contributed by atoms with E-state index in [0.717, 1.165) is 29.1 Å². The van der Waals surface area contributed by atoms with Crippen LogP contribution in [-0.2, 0) is 16.0 Å². The number of hydrogen-bond acceptors (Lipinski definition) is 4. The molecule has 4 rings (SSSR count). The summed E-state index contributed by atoms with van der Waals surface area (Å²) in [6, 6.07) is 22.4. The van der Waals surface area contributed by atoms with Gasteiger partial charge in [0.2, 0.25) is 11.8 Å². The van der Waals surface area contributed by atoms with E-state index in [2.05, 4.69) is 12.2 Å². The van der Waals surface area contributed by atoms with Crippen molar-refractivity contribution in [3.63, 3.8) is 0 Å². The van der Waals surface area contributed by atoms with Gasteiger partial charge in [-0.05, 0) is 72.5 Å². The van der Waals surface area contributed by atoms with E-state index in [9.17, 15) is 9.59 Å². The first-order chi connectivity index (χ1) is 16.5. The molecule has 0 radical (unpaired) electrons. The minimum atomic E-state index is -0.449. The lowest BCUT2D eigenvalue weighted by Gasteiger charge is -2.41. The number of piperidine rings is 1. The monoisotopic (exact) mass is 458 g/mol. The molecule has 1 N–H and O–H groups in total. The van der Waals surface area contributed by atoms with E-state index in [1.807, 2.05) is 72.8 Å². The van der Waals surface area contributed by atoms with Crippen LogP contribution in [0.1, 0.15) is 36.9 Å². The van der Waals surface area contributed by atoms with Crippen LogP contribution in [-0.4, -0.2) is 26.0 Å². The van der Waals surface area contributed by atoms with Gasteiger partial charge in [0.15, 0.2) is 0 Å². The molecule has 3 aromatic carbocycles. The maximum absolute atomic E-state index is 13.5. The molecule has 1 fully saturated rings. The van der Waals surface area contributed by atoms with Gasteiger partial charge in [0.1, 0.15) is 11.5 Å². The zero-order valence-electron chi connectivity index (χ0n) is 19.8. The van der Waals surface area contributed by atoms with Gasteiger partial charge in [0.05, 0.1) is 26.2 Å². The minimum absolute atomic E-state index is 0.0117. The molecule has 2 amide bonds. The highest BCUT2D eigenvalue weighted by Crippen LogP contribution is 2.41. The minimum Gasteiger partial charge on any atom is -0.497 e. The van der Waals surface area contributed by atoms with Crippen LogP contribution in [0.3, 0.4) is 0 Å². The maximum Gasteiger partial charge on any atom is 0.229 e. The number of carbonyl (C=O) groups excluding carboxylic acids is 2. The van der Waals surface area contributed by atoms with Gasteiger partial charge in [0, 0.05) is 17.8 Å². The molecule has 2 unspecified atom stereocenters. The highest BCUT2D eigenvalue weighted by Gasteiger charge is 2.41. The predicted molar refractivity (Wildman–Crippen MR) is 133 cm³/mol. The molecule has 0 aromatic heterocycles. The number of methoxy groups -OCH3 is 2. The fourth-order valence-electron chi connectivity index (χ4n) is 4.46. The molecule has 6 heteroatoms. The van der Waals surface area contributed by atoms with E-state index in [0.29, 0.717) is 18.6 Å². The number of anilines is 2. The quantitative estimate of drug-likeness (QED) is 0.516. The van der Waals surface area contributed by atoms with Crippen molar-refractivity contribution in [2.75, 3.05) is 24.4 Å². The second-order valence-electron chi connectivity index (χ2n) is 8.36. The molecule has 1 aliphatic rings. The fourth-order valence-corrected chi connectivity index (χ4v) is 4.46. The topological polar surface area (TPSA) is 67.9 Å². The number of ether oxygens (including phenoxy) is 2. The van der Waals surface area contributed by atoms with Gasteiger partial charge in [-0.1, -0.05) is 31.2 Å². The van der Waals surface area contributed by atoms with Gasteiger partial charge in [-0.2, -0.15) is 0 Å². The zero-order chi connectivity index (χ0) is 24.1. The van der Waals surface area contributed by atoms with Crippen LogP contribution in [0.15, 0.2) is 72.8 Å². The zero-order valence-corrected chi connectivity index (χ0v) is 19.8. The van der Waals surface area contributed by atoms with Gasteiger partial charge >= 0.3 is 0 Å². The van der Waals surface area contributed by atoms with Crippen molar-refractivity contribution in [2.24, 2.45) is 5.92 Å². The first-order valence-electron chi connectivity index (χ1n) is 11.5. The van der Waals surface area contributed by atoms with Crippen LogP contribution in [0.25, 0.3) is 0 Å². The number of amides is 2. The second-order valence-corrected chi connectivity index (χ2v) is 8.36. The van der Waals surface area contributed by atoms with Crippen LogP contribution < -0.4 is 19.7 Å². The molecule has 176 valence electrons. The number of hydrogen-bond donors (Lipinski definition) is 1. The van der Waals surface area contributed by atoms with E-state index >= 15 is 0 Å². The summed E-state index contributed by atoms with van der Waals surface area (Å²) in [5.41, 5.74) is 3.58. The SMILES string of the molecule is CCc1ccc(NC(=O)C2CCC(=O)N(c3ccc(OC)cc3)C2c2ccc(OC)cc2)cc1. The van der Waals surface area contributed by atoms with Gasteiger partial charge in [0.25, 0.3) is 0 Å². The maximum atomic E-state index is 13.5. The first-order valence-corrected chi connectivity index (χ1v) is 11.5. The van der Waals surface area contributed by atoms with Crippen LogP contribution in [0.5, 0.6) is 11.5 Å². The number of benzene rings is 3. The molecular weight excluding hydrogens is 428 g/mol. The molecular formula is C28H30N2O4. The third-order valence-electron chi connectivity index (χ3n) is 6.37. The Hall–Kier alpha value is -3.80. The Balaban J connectivity index is 1.70. The number of carbonyl (C=O) groups is 2. The summed E-state index contributed by atoms with van der Waals surface area (Å²) >= 11 is 0. The standard InChI is InChI=1S/C28H30N2O4/c1-4-19-5-9-21(10-6-19)29-28(32)25-17-18-26(31)30(22-11-15-24(34-3)16-12-22)27(25)20-7-13-23(33-2)14-8-20/h5-16,25,27H,4,17-18H2,1-3H3,(H,29,32). The summed E-state index contributed by atoms with van der Waals surface area (Å²) in [7, 11) is 3.22. The summed E-state index contributed by atoms with van der Waals surface area (Å²) < 4.78 is 10.6. The molecule has 1 heterocycles. The Labute approximate surface area is 200 Å². The van der Waals surface area contributed by atoms with E-state index in [1.165, 1.54) is 5.56 Å². The van der Waals surface area contributed by atoms with Crippen molar-refractivity contribution in [1.29, 1.82) is 0 Å². The van der Waals surface area contributed by atoms with Gasteiger partial charge in [-0.25, -0.2) is 0 Å². The average Bonchev–Trinajstić information content (AvgIpc) is 2.89. The molecule has 0 bridgehead atoms. The number of aryl methyl sites for hydroxylation is 1. The van der Waals surface area contributed by atoms with Crippen molar-refractivity contribution in [3.05, 3.63) is 83.9 Å². The Bertz CT molecular complexity index is 1120. The van der Waals surface area contributed by atoms with Crippen LogP contribution in [0, 0.1) is 5.92 Å². The molecule has 1 saturated heterocycles. The molecule has 6 nitrogen and oxygen atoms in total. The summed E-state index contributed by atoms with van der Waals surface area (Å²) in [4.78, 5) is 28.5. The molecule has 34 heavy (non-hydrogen) atoms. The van der Waals surface area contributed by atoms with Crippen LogP contribution in [0.4, 0.5) is 11.4 Å². The number of rotatable bonds is 7. The summed E-state index contributed by atoms with van der Waals surface area (Å²) in [6.45, 7) is 2.10. The number of nitrogens with zero attached hydrogens (tertiary/aromatic N) is 1. The summed E-state index contributed by atoms with van der Waals surface area (Å²) in [5.74, 6) is 0.899. The molecule has 3 aromatic rings. The smallest absolute Gasteiger partial charge is 0.229 e. The molecule has 0 saturated carbocycles. The highest BCUT2D eigenvalue weighted by molar-refractivity contribution is 6.00. The summed E-state index contributed by atoms with van der Waals surface area (Å²) in [6.07, 6.45) is 1.71. The molecule has 0 spiro atoms. The van der Waals surface area contributed by atoms with Crippen molar-refractivity contribution >= 4 is 23.2 Å². The normalized spacial score (nSPS) is 17.9. The van der Waals surface area contributed by atoms with Gasteiger partial charge in [-0.15, -0.1) is 0 Å². The highest BCUT2D eigenvalue weighted by atomic mass is 16.5. The molecule has 2 atom stereocenters. The Morgan fingerprint density at radius 3 is 2.06 bits per heavy atom. The second kappa shape index (κ2) is 10.4. The first kappa shape index (κ1) is 23.4. The fraction of sp³-hybridized carbons (Fsp3) is 0.286. The van der Waals surface area contributed by atoms with Gasteiger partial charge < -0.3 is 19.7 Å². The van der Waals surface area contributed by atoms with Crippen molar-refractivity contribution in [3.8, 4) is 11.5 Å². The molecule has 0 aliphatic carbocycles. The third kappa shape index (κ3) is 4.91. The van der Waals surface area contributed by atoms with Crippen molar-refractivity contribution < 1.29 is 19.1 Å². The lowest BCUT2D eigenvalue weighted by molar-refractivity contribution is -0.125. The largest absolute Gasteiger partial charge is 0.497 e. The Morgan fingerprint density at radius 2 is 1.50 bits per heavy atom. The lowest BCUT2D eigenvalue weighted by Crippen LogP contribution is -2.46. The average molecular weight is 459 g/mol. The van der Waals surface area contributed by atoms with E-state index < -0.39 is 12.0 Å². The predicted octanol–water partition coefficient (Wildman–Crippen LogP) is 5.39. The van der Waals surface area contributed by atoms with Gasteiger partial charge in [-0.3, -0.25) is 9.59 Å². The van der Waals surface area contributed by atoms with Crippen LogP contribution >= 0.6 is 0 Å². The van der Waals surface area contributed by atoms with E-state index in [1.54, 1.807) is 19.1 Å².